The molecule has 1 N–H and O–H groups in total. The number of para-hydroxylation sites is 1. The summed E-state index contributed by atoms with van der Waals surface area (Å²) in [6.45, 7) is 11.5. The second-order valence-corrected chi connectivity index (χ2v) is 7.70. The largest absolute Gasteiger partial charge is 0.372 e. The number of aromatic nitrogens is 2. The molecule has 25 heavy (non-hydrogen) atoms. The monoisotopic (exact) mass is 344 g/mol. The number of benzene rings is 1. The molecule has 1 fully saturated rings. The van der Waals surface area contributed by atoms with Crippen LogP contribution in [0.15, 0.2) is 24.5 Å². The lowest BCUT2D eigenvalue weighted by atomic mass is 10.1. The molecule has 0 aliphatic carbocycles. The van der Waals surface area contributed by atoms with E-state index in [0.29, 0.717) is 19.1 Å². The fourth-order valence-electron chi connectivity index (χ4n) is 3.22. The molecule has 1 aromatic carbocycles. The van der Waals surface area contributed by atoms with E-state index in [4.69, 9.17) is 4.74 Å². The van der Waals surface area contributed by atoms with E-state index in [1.165, 1.54) is 0 Å². The van der Waals surface area contributed by atoms with E-state index in [-0.39, 0.29) is 11.6 Å². The van der Waals surface area contributed by atoms with Crippen LogP contribution >= 0.6 is 0 Å². The second-order valence-electron chi connectivity index (χ2n) is 7.70. The molecule has 0 radical (unpaired) electrons. The topological polar surface area (TPSA) is 59.4 Å². The van der Waals surface area contributed by atoms with Crippen LogP contribution in [0.25, 0.3) is 11.0 Å². The Kier molecular flexibility index (Phi) is 4.99. The summed E-state index contributed by atoms with van der Waals surface area (Å²) in [4.78, 5) is 19.3. The summed E-state index contributed by atoms with van der Waals surface area (Å²) < 4.78 is 7.41. The molecule has 0 unspecified atom stereocenters. The lowest BCUT2D eigenvalue weighted by Gasteiger charge is -2.39. The summed E-state index contributed by atoms with van der Waals surface area (Å²) in [6.07, 6.45) is 2.58. The highest BCUT2D eigenvalue weighted by molar-refractivity contribution is 5.95. The van der Waals surface area contributed by atoms with E-state index in [1.54, 1.807) is 10.9 Å². The average molecular weight is 344 g/mol. The molecular formula is C19H28N4O2. The molecule has 3 rings (SSSR count). The first kappa shape index (κ1) is 17.7. The zero-order valence-electron chi connectivity index (χ0n) is 15.6. The number of nitrogens with zero attached hydrogens (tertiary/aromatic N) is 3. The van der Waals surface area contributed by atoms with Crippen LogP contribution in [0, 0.1) is 5.92 Å². The maximum absolute atomic E-state index is 12.5. The molecule has 6 heteroatoms. The van der Waals surface area contributed by atoms with Crippen molar-refractivity contribution in [3.05, 3.63) is 24.5 Å². The minimum absolute atomic E-state index is 0.123. The van der Waals surface area contributed by atoms with Gasteiger partial charge in [0, 0.05) is 19.6 Å². The summed E-state index contributed by atoms with van der Waals surface area (Å²) in [7, 11) is 0. The van der Waals surface area contributed by atoms with Crippen LogP contribution in [0.2, 0.25) is 0 Å². The minimum atomic E-state index is -0.183. The Hall–Kier alpha value is -2.08. The predicted octanol–water partition coefficient (Wildman–Crippen LogP) is 3.26. The lowest BCUT2D eigenvalue weighted by Crippen LogP contribution is -2.48. The number of anilines is 1. The number of rotatable bonds is 4. The van der Waals surface area contributed by atoms with Gasteiger partial charge < -0.3 is 15.0 Å². The molecule has 1 aliphatic rings. The highest BCUT2D eigenvalue weighted by Crippen LogP contribution is 2.29. The highest BCUT2D eigenvalue weighted by Gasteiger charge is 2.28. The summed E-state index contributed by atoms with van der Waals surface area (Å²) in [5, 5.41) is 2.97. The van der Waals surface area contributed by atoms with Crippen LogP contribution in [-0.2, 0) is 4.74 Å². The molecule has 1 saturated heterocycles. The highest BCUT2D eigenvalue weighted by atomic mass is 16.5. The smallest absolute Gasteiger partial charge is 0.327 e. The van der Waals surface area contributed by atoms with Crippen molar-refractivity contribution in [3.8, 4) is 0 Å². The van der Waals surface area contributed by atoms with Crippen LogP contribution in [0.1, 0.15) is 34.1 Å². The maximum atomic E-state index is 12.5. The Bertz CT molecular complexity index is 751. The zero-order chi connectivity index (χ0) is 18.0. The Morgan fingerprint density at radius 1 is 1.40 bits per heavy atom. The first-order valence-electron chi connectivity index (χ1n) is 9.00. The van der Waals surface area contributed by atoms with Gasteiger partial charge in [-0.3, -0.25) is 4.57 Å². The summed E-state index contributed by atoms with van der Waals surface area (Å²) >= 11 is 0. The molecule has 136 valence electrons. The van der Waals surface area contributed by atoms with Gasteiger partial charge >= 0.3 is 6.03 Å². The Morgan fingerprint density at radius 2 is 2.20 bits per heavy atom. The summed E-state index contributed by atoms with van der Waals surface area (Å²) in [6, 6.07) is 5.87. The van der Waals surface area contributed by atoms with Gasteiger partial charge in [0.1, 0.15) is 11.8 Å². The Balaban J connectivity index is 1.84. The van der Waals surface area contributed by atoms with Gasteiger partial charge in [-0.05, 0) is 38.3 Å². The van der Waals surface area contributed by atoms with E-state index >= 15 is 0 Å². The van der Waals surface area contributed by atoms with Gasteiger partial charge in [-0.15, -0.1) is 0 Å². The average Bonchev–Trinajstić information content (AvgIpc) is 2.97. The molecule has 0 atom stereocenters. The van der Waals surface area contributed by atoms with Crippen molar-refractivity contribution in [2.24, 2.45) is 5.92 Å². The zero-order valence-corrected chi connectivity index (χ0v) is 15.6. The van der Waals surface area contributed by atoms with Crippen LogP contribution in [0.3, 0.4) is 0 Å². The third kappa shape index (κ3) is 3.95. The number of morpholine rings is 1. The van der Waals surface area contributed by atoms with Crippen molar-refractivity contribution >= 4 is 22.8 Å². The molecule has 0 spiro atoms. The van der Waals surface area contributed by atoms with Crippen molar-refractivity contribution in [2.75, 3.05) is 31.1 Å². The molecule has 0 saturated carbocycles. The van der Waals surface area contributed by atoms with Gasteiger partial charge in [0.05, 0.1) is 23.4 Å². The molecule has 2 heterocycles. The van der Waals surface area contributed by atoms with Gasteiger partial charge in [0.25, 0.3) is 0 Å². The van der Waals surface area contributed by atoms with Gasteiger partial charge in [-0.1, -0.05) is 19.9 Å². The first-order valence-corrected chi connectivity index (χ1v) is 9.00. The number of nitrogens with one attached hydrogen (secondary N) is 1. The molecule has 6 nitrogen and oxygen atoms in total. The van der Waals surface area contributed by atoms with Crippen molar-refractivity contribution in [1.29, 1.82) is 0 Å². The third-order valence-electron chi connectivity index (χ3n) is 4.54. The lowest BCUT2D eigenvalue weighted by molar-refractivity contribution is -0.0276. The van der Waals surface area contributed by atoms with E-state index in [0.717, 1.165) is 36.2 Å². The number of imidazole rings is 1. The second kappa shape index (κ2) is 7.04. The molecule has 1 aliphatic heterocycles. The standard InChI is InChI=1S/C19H28N4O2/c1-14(2)8-9-20-18(24)23-13-21-17-15(6-5-7-16(17)23)22-10-11-25-19(3,4)12-22/h5-7,13-14H,8-12H2,1-4H3,(H,20,24). The number of carbonyl (C=O) groups excluding carboxylic acids is 1. The fraction of sp³-hybridized carbons (Fsp3) is 0.579. The molecule has 2 aromatic rings. The molecule has 0 bridgehead atoms. The van der Waals surface area contributed by atoms with Crippen LogP contribution in [0.5, 0.6) is 0 Å². The summed E-state index contributed by atoms with van der Waals surface area (Å²) in [5.41, 5.74) is 2.57. The summed E-state index contributed by atoms with van der Waals surface area (Å²) in [5.74, 6) is 0.566. The van der Waals surface area contributed by atoms with Crippen molar-refractivity contribution in [3.63, 3.8) is 0 Å². The van der Waals surface area contributed by atoms with Crippen molar-refractivity contribution < 1.29 is 9.53 Å². The van der Waals surface area contributed by atoms with E-state index in [2.05, 4.69) is 49.0 Å². The molecule has 1 aromatic heterocycles. The van der Waals surface area contributed by atoms with Crippen LogP contribution < -0.4 is 10.2 Å². The Labute approximate surface area is 149 Å². The minimum Gasteiger partial charge on any atom is -0.372 e. The SMILES string of the molecule is CC(C)CCNC(=O)n1cnc2c(N3CCOC(C)(C)C3)cccc21. The van der Waals surface area contributed by atoms with E-state index in [1.807, 2.05) is 12.1 Å². The number of carbonyl (C=O) groups is 1. The fourth-order valence-corrected chi connectivity index (χ4v) is 3.22. The molecular weight excluding hydrogens is 316 g/mol. The van der Waals surface area contributed by atoms with Crippen LogP contribution in [-0.4, -0.2) is 47.4 Å². The number of hydrogen-bond acceptors (Lipinski definition) is 4. The molecule has 1 amide bonds. The first-order chi connectivity index (χ1) is 11.9. The Morgan fingerprint density at radius 3 is 2.92 bits per heavy atom. The van der Waals surface area contributed by atoms with Gasteiger partial charge in [-0.25, -0.2) is 9.78 Å². The normalized spacial score (nSPS) is 17.2. The number of fused-ring (bicyclic) bond motifs is 1. The van der Waals surface area contributed by atoms with Crippen molar-refractivity contribution in [2.45, 2.75) is 39.7 Å². The van der Waals surface area contributed by atoms with Gasteiger partial charge in [0.15, 0.2) is 0 Å². The van der Waals surface area contributed by atoms with Crippen LogP contribution in [0.4, 0.5) is 10.5 Å². The quantitative estimate of drug-likeness (QED) is 0.925. The third-order valence-corrected chi connectivity index (χ3v) is 4.54. The van der Waals surface area contributed by atoms with Gasteiger partial charge in [0.2, 0.25) is 0 Å². The maximum Gasteiger partial charge on any atom is 0.327 e. The predicted molar refractivity (Wildman–Crippen MR) is 100 cm³/mol. The van der Waals surface area contributed by atoms with Crippen molar-refractivity contribution in [1.82, 2.24) is 14.9 Å². The number of amides is 1. The number of hydrogen-bond donors (Lipinski definition) is 1. The van der Waals surface area contributed by atoms with E-state index < -0.39 is 0 Å². The number of ether oxygens (including phenoxy) is 1. The van der Waals surface area contributed by atoms with Gasteiger partial charge in [-0.2, -0.15) is 0 Å². The van der Waals surface area contributed by atoms with E-state index in [9.17, 15) is 4.79 Å².